The number of carbonyl (C=O) groups is 1. The first-order chi connectivity index (χ1) is 8.55. The summed E-state index contributed by atoms with van der Waals surface area (Å²) in [6.45, 7) is 3.80. The Bertz CT molecular complexity index is 383. The van der Waals surface area contributed by atoms with Gasteiger partial charge in [0.15, 0.2) is 0 Å². The molecule has 2 N–H and O–H groups in total. The van der Waals surface area contributed by atoms with Crippen LogP contribution in [0, 0.1) is 0 Å². The highest BCUT2D eigenvalue weighted by Crippen LogP contribution is 2.18. The maximum absolute atomic E-state index is 12.0. The molecule has 0 aromatic heterocycles. The summed E-state index contributed by atoms with van der Waals surface area (Å²) in [5.74, 6) is -0.151. The van der Waals surface area contributed by atoms with E-state index < -0.39 is 5.60 Å². The summed E-state index contributed by atoms with van der Waals surface area (Å²) in [4.78, 5) is 12.0. The van der Waals surface area contributed by atoms with Gasteiger partial charge < -0.3 is 15.2 Å². The molecule has 0 aliphatic rings. The number of rotatable bonds is 6. The Morgan fingerprint density at radius 2 is 2.00 bits per heavy atom. The topological polar surface area (TPSA) is 58.6 Å². The lowest BCUT2D eigenvalue weighted by atomic mass is 10.0. The first-order valence-corrected chi connectivity index (χ1v) is 6.12. The summed E-state index contributed by atoms with van der Waals surface area (Å²) in [5.41, 5.74) is 0.975. The number of benzene rings is 1. The smallest absolute Gasteiger partial charge is 0.256 e. The maximum atomic E-state index is 12.0. The molecule has 0 saturated carbocycles. The van der Waals surface area contributed by atoms with E-state index in [0.717, 1.165) is 11.3 Å². The van der Waals surface area contributed by atoms with Crippen molar-refractivity contribution < 1.29 is 14.6 Å². The second-order valence-corrected chi connectivity index (χ2v) is 4.41. The molecule has 0 aliphatic heterocycles. The van der Waals surface area contributed by atoms with E-state index in [1.807, 2.05) is 31.2 Å². The molecule has 1 rings (SSSR count). The lowest BCUT2D eigenvalue weighted by Crippen LogP contribution is -2.41. The van der Waals surface area contributed by atoms with Crippen LogP contribution in [0.2, 0.25) is 0 Å². The highest BCUT2D eigenvalue weighted by molar-refractivity contribution is 5.97. The predicted molar refractivity (Wildman–Crippen MR) is 71.6 cm³/mol. The fourth-order valence-electron chi connectivity index (χ4n) is 1.54. The van der Waals surface area contributed by atoms with Crippen molar-refractivity contribution in [2.45, 2.75) is 32.3 Å². The van der Waals surface area contributed by atoms with Crippen molar-refractivity contribution >= 4 is 11.6 Å². The zero-order valence-electron chi connectivity index (χ0n) is 11.2. The summed E-state index contributed by atoms with van der Waals surface area (Å²) in [6, 6.07) is 7.44. The molecule has 0 saturated heterocycles. The Balaban J connectivity index is 2.70. The van der Waals surface area contributed by atoms with E-state index in [4.69, 9.17) is 9.84 Å². The van der Waals surface area contributed by atoms with Crippen LogP contribution in [-0.2, 0) is 16.0 Å². The maximum Gasteiger partial charge on any atom is 0.256 e. The number of ether oxygens (including phenoxy) is 1. The molecule has 1 aromatic carbocycles. The van der Waals surface area contributed by atoms with Gasteiger partial charge in [-0.2, -0.15) is 0 Å². The lowest BCUT2D eigenvalue weighted by molar-refractivity contribution is -0.136. The van der Waals surface area contributed by atoms with E-state index >= 15 is 0 Å². The minimum atomic E-state index is -0.802. The van der Waals surface area contributed by atoms with Crippen LogP contribution >= 0.6 is 0 Å². The van der Waals surface area contributed by atoms with E-state index in [1.54, 1.807) is 6.92 Å². The highest BCUT2D eigenvalue weighted by Gasteiger charge is 2.30. The number of aliphatic hydroxyl groups is 1. The van der Waals surface area contributed by atoms with E-state index in [9.17, 15) is 4.79 Å². The lowest BCUT2D eigenvalue weighted by Gasteiger charge is -2.25. The van der Waals surface area contributed by atoms with Gasteiger partial charge in [-0.1, -0.05) is 19.1 Å². The molecule has 4 nitrogen and oxygen atoms in total. The number of amides is 1. The van der Waals surface area contributed by atoms with Gasteiger partial charge in [0.25, 0.3) is 5.91 Å². The first-order valence-electron chi connectivity index (χ1n) is 6.12. The van der Waals surface area contributed by atoms with Crippen LogP contribution in [0.1, 0.15) is 25.8 Å². The molecule has 0 aliphatic carbocycles. The molecule has 18 heavy (non-hydrogen) atoms. The highest BCUT2D eigenvalue weighted by atomic mass is 16.5. The van der Waals surface area contributed by atoms with E-state index in [1.165, 1.54) is 7.11 Å². The van der Waals surface area contributed by atoms with Gasteiger partial charge in [0.1, 0.15) is 5.60 Å². The monoisotopic (exact) mass is 251 g/mol. The normalized spacial score (nSPS) is 14.0. The average Bonchev–Trinajstić information content (AvgIpc) is 2.40. The molecule has 0 bridgehead atoms. The number of anilines is 1. The first kappa shape index (κ1) is 14.7. The van der Waals surface area contributed by atoms with Gasteiger partial charge in [0.05, 0.1) is 0 Å². The van der Waals surface area contributed by atoms with Gasteiger partial charge in [-0.25, -0.2) is 0 Å². The quantitative estimate of drug-likeness (QED) is 0.812. The van der Waals surface area contributed by atoms with Crippen molar-refractivity contribution in [1.82, 2.24) is 0 Å². The molecule has 1 amide bonds. The number of hydrogen-bond donors (Lipinski definition) is 2. The van der Waals surface area contributed by atoms with Crippen LogP contribution in [-0.4, -0.2) is 30.3 Å². The Labute approximate surface area is 108 Å². The van der Waals surface area contributed by atoms with E-state index in [2.05, 4.69) is 5.32 Å². The number of carbonyl (C=O) groups excluding carboxylic acids is 1. The molecule has 1 aromatic rings. The third-order valence-electron chi connectivity index (χ3n) is 3.22. The van der Waals surface area contributed by atoms with Gasteiger partial charge in [-0.3, -0.25) is 4.79 Å². The molecule has 4 heteroatoms. The summed E-state index contributed by atoms with van der Waals surface area (Å²) in [5, 5.41) is 11.6. The van der Waals surface area contributed by atoms with Gasteiger partial charge in [0.2, 0.25) is 0 Å². The van der Waals surface area contributed by atoms with Crippen LogP contribution in [0.5, 0.6) is 0 Å². The van der Waals surface area contributed by atoms with Crippen LogP contribution < -0.4 is 5.32 Å². The fourth-order valence-corrected chi connectivity index (χ4v) is 1.54. The summed E-state index contributed by atoms with van der Waals surface area (Å²) in [7, 11) is 1.54. The van der Waals surface area contributed by atoms with Crippen molar-refractivity contribution in [3.63, 3.8) is 0 Å². The molecular weight excluding hydrogens is 230 g/mol. The number of hydrogen-bond acceptors (Lipinski definition) is 3. The van der Waals surface area contributed by atoms with Gasteiger partial charge in [-0.05, 0) is 37.5 Å². The second kappa shape index (κ2) is 6.52. The Hall–Kier alpha value is -1.39. The zero-order chi connectivity index (χ0) is 13.6. The Morgan fingerprint density at radius 1 is 1.39 bits per heavy atom. The second-order valence-electron chi connectivity index (χ2n) is 4.41. The van der Waals surface area contributed by atoms with Gasteiger partial charge in [0, 0.05) is 19.4 Å². The predicted octanol–water partition coefficient (Wildman–Crippen LogP) is 1.98. The van der Waals surface area contributed by atoms with Crippen molar-refractivity contribution in [3.05, 3.63) is 29.8 Å². The molecule has 1 atom stereocenters. The summed E-state index contributed by atoms with van der Waals surface area (Å²) in [6.07, 6.45) is 1.23. The molecule has 100 valence electrons. The minimum absolute atomic E-state index is 0.128. The Kier molecular flexibility index (Phi) is 5.31. The van der Waals surface area contributed by atoms with Crippen molar-refractivity contribution in [2.75, 3.05) is 19.0 Å². The molecule has 0 fully saturated rings. The standard InChI is InChI=1S/C14H21NO3/c1-4-14(2,18-3)13(17)15-12-7-5-11(6-8-12)9-10-16/h5-8,16H,4,9-10H2,1-3H3,(H,15,17). The van der Waals surface area contributed by atoms with E-state index in [0.29, 0.717) is 12.8 Å². The molecule has 0 spiro atoms. The van der Waals surface area contributed by atoms with Crippen LogP contribution in [0.3, 0.4) is 0 Å². The largest absolute Gasteiger partial charge is 0.396 e. The Morgan fingerprint density at radius 3 is 2.44 bits per heavy atom. The summed E-state index contributed by atoms with van der Waals surface area (Å²) >= 11 is 0. The molecule has 0 radical (unpaired) electrons. The molecule has 1 unspecified atom stereocenters. The number of aliphatic hydroxyl groups excluding tert-OH is 1. The minimum Gasteiger partial charge on any atom is -0.396 e. The third-order valence-corrected chi connectivity index (χ3v) is 3.22. The average molecular weight is 251 g/mol. The summed E-state index contributed by atoms with van der Waals surface area (Å²) < 4.78 is 5.24. The fraction of sp³-hybridized carbons (Fsp3) is 0.500. The number of nitrogens with one attached hydrogen (secondary N) is 1. The number of methoxy groups -OCH3 is 1. The van der Waals surface area contributed by atoms with Gasteiger partial charge in [-0.15, -0.1) is 0 Å². The molecule has 0 heterocycles. The zero-order valence-corrected chi connectivity index (χ0v) is 11.2. The van der Waals surface area contributed by atoms with Crippen molar-refractivity contribution in [1.29, 1.82) is 0 Å². The van der Waals surface area contributed by atoms with E-state index in [-0.39, 0.29) is 12.5 Å². The SMILES string of the molecule is CCC(C)(OC)C(=O)Nc1ccc(CCO)cc1. The third kappa shape index (κ3) is 3.55. The van der Waals surface area contributed by atoms with Gasteiger partial charge >= 0.3 is 0 Å². The van der Waals surface area contributed by atoms with Crippen molar-refractivity contribution in [3.8, 4) is 0 Å². The van der Waals surface area contributed by atoms with Crippen molar-refractivity contribution in [2.24, 2.45) is 0 Å². The van der Waals surface area contributed by atoms with Crippen LogP contribution in [0.4, 0.5) is 5.69 Å². The van der Waals surface area contributed by atoms with Crippen LogP contribution in [0.25, 0.3) is 0 Å². The van der Waals surface area contributed by atoms with Crippen LogP contribution in [0.15, 0.2) is 24.3 Å². The molecular formula is C14H21NO3.